The lowest BCUT2D eigenvalue weighted by Gasteiger charge is -2.32. The van der Waals surface area contributed by atoms with Crippen molar-refractivity contribution in [3.63, 3.8) is 0 Å². The Morgan fingerprint density at radius 1 is 1.07 bits per heavy atom. The molecule has 2 N–H and O–H groups in total. The number of hydrogen-bond donors (Lipinski definition) is 2. The highest BCUT2D eigenvalue weighted by Gasteiger charge is 2.29. The van der Waals surface area contributed by atoms with Crippen LogP contribution >= 0.6 is 0 Å². The number of nitrogens with zero attached hydrogens (tertiary/aromatic N) is 5. The van der Waals surface area contributed by atoms with Crippen LogP contribution in [-0.4, -0.2) is 64.6 Å². The number of aryl methyl sites for hydroxylation is 1. The van der Waals surface area contributed by atoms with E-state index in [0.717, 1.165) is 22.5 Å². The van der Waals surface area contributed by atoms with E-state index < -0.39 is 21.7 Å². The average Bonchev–Trinajstić information content (AvgIpc) is 3.34. The molecule has 4 aromatic rings. The van der Waals surface area contributed by atoms with Crippen molar-refractivity contribution in [3.8, 4) is 17.2 Å². The van der Waals surface area contributed by atoms with Crippen molar-refractivity contribution in [1.82, 2.24) is 24.2 Å². The SMILES string of the molecule is Cc1ccc(NC2CCN(S(=O)(=O)c3ccc(-c4cnc5c(c4)c(C#N)cn5CCNC(=O)OC(C)(C)C)cc3)CC2)nc1. The molecule has 1 saturated heterocycles. The van der Waals surface area contributed by atoms with Crippen LogP contribution in [0.5, 0.6) is 0 Å². The average molecular weight is 616 g/mol. The molecule has 44 heavy (non-hydrogen) atoms. The molecule has 12 heteroatoms. The first-order chi connectivity index (χ1) is 20.9. The molecule has 0 aliphatic carbocycles. The van der Waals surface area contributed by atoms with E-state index >= 15 is 0 Å². The summed E-state index contributed by atoms with van der Waals surface area (Å²) in [6.07, 6.45) is 6.10. The van der Waals surface area contributed by atoms with E-state index in [1.807, 2.05) is 35.9 Å². The van der Waals surface area contributed by atoms with Crippen molar-refractivity contribution in [2.24, 2.45) is 0 Å². The molecule has 1 aromatic carbocycles. The first-order valence-corrected chi connectivity index (χ1v) is 16.0. The van der Waals surface area contributed by atoms with E-state index in [1.54, 1.807) is 57.4 Å². The van der Waals surface area contributed by atoms with Crippen molar-refractivity contribution >= 4 is 33.0 Å². The highest BCUT2D eigenvalue weighted by atomic mass is 32.2. The van der Waals surface area contributed by atoms with Crippen molar-refractivity contribution < 1.29 is 17.9 Å². The molecule has 0 saturated carbocycles. The number of carbonyl (C=O) groups is 1. The number of amides is 1. The molecule has 0 spiro atoms. The summed E-state index contributed by atoms with van der Waals surface area (Å²) in [7, 11) is -3.64. The van der Waals surface area contributed by atoms with Crippen LogP contribution in [-0.2, 0) is 21.3 Å². The first-order valence-electron chi connectivity index (χ1n) is 14.6. The third-order valence-electron chi connectivity index (χ3n) is 7.40. The Morgan fingerprint density at radius 3 is 2.43 bits per heavy atom. The number of rotatable bonds is 8. The van der Waals surface area contributed by atoms with Gasteiger partial charge in [0.15, 0.2) is 0 Å². The molecular weight excluding hydrogens is 578 g/mol. The summed E-state index contributed by atoms with van der Waals surface area (Å²) in [4.78, 5) is 21.2. The predicted molar refractivity (Wildman–Crippen MR) is 168 cm³/mol. The highest BCUT2D eigenvalue weighted by molar-refractivity contribution is 7.89. The Bertz CT molecular complexity index is 1780. The topological polar surface area (TPSA) is 142 Å². The summed E-state index contributed by atoms with van der Waals surface area (Å²) in [5, 5.41) is 16.5. The monoisotopic (exact) mass is 615 g/mol. The number of alkyl carbamates (subject to hydrolysis) is 1. The summed E-state index contributed by atoms with van der Waals surface area (Å²) >= 11 is 0. The quantitative estimate of drug-likeness (QED) is 0.280. The Kier molecular flexibility index (Phi) is 8.90. The van der Waals surface area contributed by atoms with Gasteiger partial charge in [0, 0.05) is 61.8 Å². The Hall–Kier alpha value is -4.47. The maximum Gasteiger partial charge on any atom is 0.407 e. The van der Waals surface area contributed by atoms with E-state index in [0.29, 0.717) is 55.6 Å². The Morgan fingerprint density at radius 2 is 1.80 bits per heavy atom. The minimum Gasteiger partial charge on any atom is -0.444 e. The number of piperidine rings is 1. The fourth-order valence-electron chi connectivity index (χ4n) is 5.15. The molecule has 0 unspecified atom stereocenters. The number of hydrogen-bond acceptors (Lipinski definition) is 8. The molecule has 0 atom stereocenters. The fourth-order valence-corrected chi connectivity index (χ4v) is 6.62. The molecule has 11 nitrogen and oxygen atoms in total. The molecule has 230 valence electrons. The molecule has 0 bridgehead atoms. The summed E-state index contributed by atoms with van der Waals surface area (Å²) in [5.41, 5.74) is 3.13. The normalized spacial score (nSPS) is 14.7. The van der Waals surface area contributed by atoms with Crippen LogP contribution in [0.1, 0.15) is 44.7 Å². The zero-order valence-electron chi connectivity index (χ0n) is 25.4. The summed E-state index contributed by atoms with van der Waals surface area (Å²) < 4.78 is 35.4. The minimum atomic E-state index is -3.64. The minimum absolute atomic E-state index is 0.163. The largest absolute Gasteiger partial charge is 0.444 e. The maximum atomic E-state index is 13.4. The molecule has 1 aliphatic rings. The summed E-state index contributed by atoms with van der Waals surface area (Å²) in [5.74, 6) is 0.800. The zero-order valence-corrected chi connectivity index (χ0v) is 26.2. The highest BCUT2D eigenvalue weighted by Crippen LogP contribution is 2.28. The van der Waals surface area contributed by atoms with Gasteiger partial charge in [-0.2, -0.15) is 9.57 Å². The number of pyridine rings is 2. The van der Waals surface area contributed by atoms with Gasteiger partial charge in [0.1, 0.15) is 23.1 Å². The van der Waals surface area contributed by atoms with E-state index in [4.69, 9.17) is 4.74 Å². The van der Waals surface area contributed by atoms with E-state index in [-0.39, 0.29) is 10.9 Å². The van der Waals surface area contributed by atoms with Gasteiger partial charge < -0.3 is 19.9 Å². The molecule has 0 radical (unpaired) electrons. The number of sulfonamides is 1. The Labute approximate surface area is 257 Å². The maximum absolute atomic E-state index is 13.4. The first kappa shape index (κ1) is 31.0. The summed E-state index contributed by atoms with van der Waals surface area (Å²) in [6, 6.07) is 15.0. The second-order valence-corrected chi connectivity index (χ2v) is 13.9. The number of benzene rings is 1. The smallest absolute Gasteiger partial charge is 0.407 e. The second-order valence-electron chi connectivity index (χ2n) is 11.9. The molecule has 1 fully saturated rings. The van der Waals surface area contributed by atoms with Gasteiger partial charge in [-0.3, -0.25) is 0 Å². The number of fused-ring (bicyclic) bond motifs is 1. The summed E-state index contributed by atoms with van der Waals surface area (Å²) in [6.45, 7) is 8.95. The molecule has 5 rings (SSSR count). The number of nitrogens with one attached hydrogen (secondary N) is 2. The number of nitriles is 1. The molecule has 1 aliphatic heterocycles. The van der Waals surface area contributed by atoms with E-state index in [1.165, 1.54) is 4.31 Å². The number of anilines is 1. The zero-order chi connectivity index (χ0) is 31.5. The van der Waals surface area contributed by atoms with Gasteiger partial charge in [-0.05, 0) is 75.9 Å². The van der Waals surface area contributed by atoms with Crippen LogP contribution in [0, 0.1) is 18.3 Å². The van der Waals surface area contributed by atoms with Gasteiger partial charge in [0.05, 0.1) is 10.5 Å². The second kappa shape index (κ2) is 12.6. The molecular formula is C32H37N7O4S. The van der Waals surface area contributed by atoms with Crippen LogP contribution in [0.3, 0.4) is 0 Å². The lowest BCUT2D eigenvalue weighted by Crippen LogP contribution is -2.42. The number of ether oxygens (including phenoxy) is 1. The van der Waals surface area contributed by atoms with Crippen LogP contribution in [0.4, 0.5) is 10.6 Å². The van der Waals surface area contributed by atoms with Crippen LogP contribution in [0.25, 0.3) is 22.2 Å². The van der Waals surface area contributed by atoms with E-state index in [2.05, 4.69) is 26.7 Å². The van der Waals surface area contributed by atoms with Gasteiger partial charge in [-0.25, -0.2) is 23.2 Å². The van der Waals surface area contributed by atoms with Crippen molar-refractivity contribution in [3.05, 3.63) is 72.2 Å². The predicted octanol–water partition coefficient (Wildman–Crippen LogP) is 5.07. The van der Waals surface area contributed by atoms with Gasteiger partial charge in [0.2, 0.25) is 10.0 Å². The molecule has 3 aromatic heterocycles. The van der Waals surface area contributed by atoms with Gasteiger partial charge in [-0.1, -0.05) is 18.2 Å². The Balaban J connectivity index is 1.24. The van der Waals surface area contributed by atoms with Gasteiger partial charge >= 0.3 is 6.09 Å². The standard InChI is InChI=1S/C32H37N7O4S/c1-22-5-10-29(35-19-22)37-26-11-14-39(15-12-26)44(41,42)27-8-6-23(7-9-27)24-17-28-25(18-33)21-38(30(28)36-20-24)16-13-34-31(40)43-32(2,3)4/h5-10,17,19-21,26H,11-16H2,1-4H3,(H,34,40)(H,35,37). The van der Waals surface area contributed by atoms with Gasteiger partial charge in [-0.15, -0.1) is 0 Å². The lowest BCUT2D eigenvalue weighted by molar-refractivity contribution is 0.0526. The van der Waals surface area contributed by atoms with Gasteiger partial charge in [0.25, 0.3) is 0 Å². The number of aromatic nitrogens is 3. The third-order valence-corrected chi connectivity index (χ3v) is 9.31. The fraction of sp³-hybridized carbons (Fsp3) is 0.375. The van der Waals surface area contributed by atoms with Crippen LogP contribution < -0.4 is 10.6 Å². The lowest BCUT2D eigenvalue weighted by atomic mass is 10.1. The van der Waals surface area contributed by atoms with Crippen molar-refractivity contribution in [2.75, 3.05) is 25.0 Å². The van der Waals surface area contributed by atoms with Crippen LogP contribution in [0.15, 0.2) is 66.0 Å². The molecule has 1 amide bonds. The van der Waals surface area contributed by atoms with Crippen LogP contribution in [0.2, 0.25) is 0 Å². The van der Waals surface area contributed by atoms with E-state index in [9.17, 15) is 18.5 Å². The number of carbonyl (C=O) groups excluding carboxylic acids is 1. The molecule has 4 heterocycles. The van der Waals surface area contributed by atoms with Crippen molar-refractivity contribution in [1.29, 1.82) is 5.26 Å². The third kappa shape index (κ3) is 7.18. The van der Waals surface area contributed by atoms with Crippen molar-refractivity contribution in [2.45, 2.75) is 63.6 Å².